The van der Waals surface area contributed by atoms with E-state index in [0.717, 1.165) is 32.5 Å². The summed E-state index contributed by atoms with van der Waals surface area (Å²) in [7, 11) is 0. The summed E-state index contributed by atoms with van der Waals surface area (Å²) in [5.41, 5.74) is 0. The molecule has 2 aliphatic heterocycles. The zero-order chi connectivity index (χ0) is 11.4. The van der Waals surface area contributed by atoms with E-state index in [0.29, 0.717) is 11.9 Å². The lowest BCUT2D eigenvalue weighted by Gasteiger charge is -2.32. The Kier molecular flexibility index (Phi) is 4.22. The molecule has 1 unspecified atom stereocenters. The number of likely N-dealkylation sites (tertiary alicyclic amines) is 1. The normalized spacial score (nSPS) is 32.2. The lowest BCUT2D eigenvalue weighted by atomic mass is 9.97. The summed E-state index contributed by atoms with van der Waals surface area (Å²) >= 11 is 0. The predicted molar refractivity (Wildman–Crippen MR) is 65.2 cm³/mol. The van der Waals surface area contributed by atoms with Crippen LogP contribution in [0.4, 0.5) is 0 Å². The number of hydrogen-bond donors (Lipinski definition) is 1. The van der Waals surface area contributed by atoms with Gasteiger partial charge in [-0.2, -0.15) is 0 Å². The van der Waals surface area contributed by atoms with Crippen molar-refractivity contribution in [1.29, 1.82) is 0 Å². The summed E-state index contributed by atoms with van der Waals surface area (Å²) in [6.45, 7) is 5.16. The van der Waals surface area contributed by atoms with Gasteiger partial charge in [-0.05, 0) is 39.2 Å². The third kappa shape index (κ3) is 2.76. The Morgan fingerprint density at radius 3 is 2.81 bits per heavy atom. The zero-order valence-electron chi connectivity index (χ0n) is 10.4. The molecule has 0 bridgehead atoms. The molecule has 16 heavy (non-hydrogen) atoms. The maximum Gasteiger partial charge on any atom is 0.227 e. The minimum Gasteiger partial charge on any atom is -0.340 e. The maximum atomic E-state index is 12.4. The Hall–Kier alpha value is -0.570. The van der Waals surface area contributed by atoms with Gasteiger partial charge < -0.3 is 10.2 Å². The van der Waals surface area contributed by atoms with Crippen molar-refractivity contribution in [2.24, 2.45) is 5.92 Å². The van der Waals surface area contributed by atoms with Crippen LogP contribution in [0.2, 0.25) is 0 Å². The molecule has 0 aromatic heterocycles. The first-order valence-electron chi connectivity index (χ1n) is 6.80. The first-order valence-corrected chi connectivity index (χ1v) is 6.80. The van der Waals surface area contributed by atoms with Gasteiger partial charge in [0.25, 0.3) is 0 Å². The van der Waals surface area contributed by atoms with E-state index in [1.165, 1.54) is 25.7 Å². The monoisotopic (exact) mass is 224 g/mol. The van der Waals surface area contributed by atoms with Gasteiger partial charge in [-0.3, -0.25) is 4.79 Å². The van der Waals surface area contributed by atoms with Crippen molar-refractivity contribution in [1.82, 2.24) is 10.2 Å². The average molecular weight is 224 g/mol. The Morgan fingerprint density at radius 2 is 2.06 bits per heavy atom. The van der Waals surface area contributed by atoms with Crippen LogP contribution in [0.5, 0.6) is 0 Å². The van der Waals surface area contributed by atoms with Crippen LogP contribution in [-0.2, 0) is 4.79 Å². The highest BCUT2D eigenvalue weighted by atomic mass is 16.2. The Bertz CT molecular complexity index is 236. The Labute approximate surface area is 98.6 Å². The largest absolute Gasteiger partial charge is 0.340 e. The van der Waals surface area contributed by atoms with Crippen LogP contribution in [0.15, 0.2) is 0 Å². The lowest BCUT2D eigenvalue weighted by molar-refractivity contribution is -0.138. The lowest BCUT2D eigenvalue weighted by Crippen LogP contribution is -2.46. The van der Waals surface area contributed by atoms with Crippen molar-refractivity contribution in [3.8, 4) is 0 Å². The SMILES string of the molecule is CC1CCCCCN1C(=O)[C@H]1CCCNC1. The van der Waals surface area contributed by atoms with Crippen molar-refractivity contribution < 1.29 is 4.79 Å². The first-order chi connectivity index (χ1) is 7.79. The summed E-state index contributed by atoms with van der Waals surface area (Å²) in [6.07, 6.45) is 7.18. The molecular weight excluding hydrogens is 200 g/mol. The van der Waals surface area contributed by atoms with Crippen LogP contribution in [0, 0.1) is 5.92 Å². The van der Waals surface area contributed by atoms with E-state index in [4.69, 9.17) is 0 Å². The zero-order valence-corrected chi connectivity index (χ0v) is 10.4. The van der Waals surface area contributed by atoms with E-state index in [1.54, 1.807) is 0 Å². The summed E-state index contributed by atoms with van der Waals surface area (Å²) < 4.78 is 0. The molecule has 2 saturated heterocycles. The Balaban J connectivity index is 1.95. The van der Waals surface area contributed by atoms with Crippen LogP contribution in [-0.4, -0.2) is 36.5 Å². The molecule has 0 spiro atoms. The van der Waals surface area contributed by atoms with Gasteiger partial charge in [0.2, 0.25) is 5.91 Å². The standard InChI is InChI=1S/C13H24N2O/c1-11-6-3-2-4-9-15(11)13(16)12-7-5-8-14-10-12/h11-12,14H,2-10H2,1H3/t11?,12-/m0/s1. The summed E-state index contributed by atoms with van der Waals surface area (Å²) in [6, 6.07) is 0.455. The summed E-state index contributed by atoms with van der Waals surface area (Å²) in [4.78, 5) is 14.5. The van der Waals surface area contributed by atoms with Gasteiger partial charge in [-0.1, -0.05) is 12.8 Å². The molecule has 0 saturated carbocycles. The van der Waals surface area contributed by atoms with Gasteiger partial charge in [-0.15, -0.1) is 0 Å². The van der Waals surface area contributed by atoms with Crippen molar-refractivity contribution in [2.75, 3.05) is 19.6 Å². The summed E-state index contributed by atoms with van der Waals surface area (Å²) in [5.74, 6) is 0.649. The highest BCUT2D eigenvalue weighted by molar-refractivity contribution is 5.79. The fraction of sp³-hybridized carbons (Fsp3) is 0.923. The van der Waals surface area contributed by atoms with E-state index in [-0.39, 0.29) is 5.92 Å². The van der Waals surface area contributed by atoms with Crippen LogP contribution >= 0.6 is 0 Å². The minimum atomic E-state index is 0.245. The van der Waals surface area contributed by atoms with Crippen molar-refractivity contribution in [2.45, 2.75) is 51.5 Å². The van der Waals surface area contributed by atoms with Gasteiger partial charge >= 0.3 is 0 Å². The maximum absolute atomic E-state index is 12.4. The number of carbonyl (C=O) groups is 1. The van der Waals surface area contributed by atoms with Crippen LogP contribution < -0.4 is 5.32 Å². The molecule has 0 aromatic rings. The van der Waals surface area contributed by atoms with Gasteiger partial charge in [0, 0.05) is 19.1 Å². The van der Waals surface area contributed by atoms with Crippen LogP contribution in [0.1, 0.15) is 45.4 Å². The first kappa shape index (κ1) is 11.9. The van der Waals surface area contributed by atoms with Gasteiger partial charge in [0.05, 0.1) is 5.92 Å². The number of nitrogens with one attached hydrogen (secondary N) is 1. The van der Waals surface area contributed by atoms with E-state index < -0.39 is 0 Å². The van der Waals surface area contributed by atoms with E-state index in [9.17, 15) is 4.79 Å². The number of nitrogens with zero attached hydrogens (tertiary/aromatic N) is 1. The average Bonchev–Trinajstić information content (AvgIpc) is 2.54. The number of amides is 1. The third-order valence-corrected chi connectivity index (χ3v) is 3.98. The summed E-state index contributed by atoms with van der Waals surface area (Å²) in [5, 5.41) is 3.34. The smallest absolute Gasteiger partial charge is 0.227 e. The molecule has 0 aliphatic carbocycles. The topological polar surface area (TPSA) is 32.3 Å². The second-order valence-electron chi connectivity index (χ2n) is 5.27. The fourth-order valence-electron chi connectivity index (χ4n) is 2.90. The number of rotatable bonds is 1. The van der Waals surface area contributed by atoms with Crippen molar-refractivity contribution in [3.63, 3.8) is 0 Å². The molecule has 1 amide bonds. The van der Waals surface area contributed by atoms with Crippen LogP contribution in [0.25, 0.3) is 0 Å². The molecular formula is C13H24N2O. The fourth-order valence-corrected chi connectivity index (χ4v) is 2.90. The molecule has 2 rings (SSSR count). The Morgan fingerprint density at radius 1 is 1.19 bits per heavy atom. The van der Waals surface area contributed by atoms with Crippen molar-refractivity contribution in [3.05, 3.63) is 0 Å². The highest BCUT2D eigenvalue weighted by Crippen LogP contribution is 2.21. The molecule has 2 atom stereocenters. The minimum absolute atomic E-state index is 0.245. The van der Waals surface area contributed by atoms with Crippen LogP contribution in [0.3, 0.4) is 0 Å². The molecule has 0 aromatic carbocycles. The number of carbonyl (C=O) groups excluding carboxylic acids is 1. The molecule has 3 heteroatoms. The number of hydrogen-bond acceptors (Lipinski definition) is 2. The molecule has 2 aliphatic rings. The second-order valence-corrected chi connectivity index (χ2v) is 5.27. The third-order valence-electron chi connectivity index (χ3n) is 3.98. The molecule has 2 heterocycles. The predicted octanol–water partition coefficient (Wildman–Crippen LogP) is 1.78. The second kappa shape index (κ2) is 5.67. The highest BCUT2D eigenvalue weighted by Gasteiger charge is 2.29. The van der Waals surface area contributed by atoms with E-state index >= 15 is 0 Å². The molecule has 2 fully saturated rings. The van der Waals surface area contributed by atoms with Gasteiger partial charge in [-0.25, -0.2) is 0 Å². The molecule has 3 nitrogen and oxygen atoms in total. The van der Waals surface area contributed by atoms with Gasteiger partial charge in [0.15, 0.2) is 0 Å². The van der Waals surface area contributed by atoms with Crippen molar-refractivity contribution >= 4 is 5.91 Å². The molecule has 92 valence electrons. The van der Waals surface area contributed by atoms with E-state index in [2.05, 4.69) is 17.1 Å². The number of piperidine rings is 1. The molecule has 1 N–H and O–H groups in total. The van der Waals surface area contributed by atoms with Gasteiger partial charge in [0.1, 0.15) is 0 Å². The molecule has 0 radical (unpaired) electrons. The van der Waals surface area contributed by atoms with E-state index in [1.807, 2.05) is 0 Å². The quantitative estimate of drug-likeness (QED) is 0.736.